The zero-order valence-electron chi connectivity index (χ0n) is 12.7. The standard InChI is InChI=1S/C18H13NO5/c1-19(14-8-4-3-7-12(14)17(21)22)16(20)13-10-11-6-2-5-9-15(11)24-18(13)23/h2-10H,1H3,(H,21,22). The number of carboxylic acids is 1. The maximum absolute atomic E-state index is 12.7. The van der Waals surface area contributed by atoms with Crippen LogP contribution >= 0.6 is 0 Å². The summed E-state index contributed by atoms with van der Waals surface area (Å²) < 4.78 is 5.16. The quantitative estimate of drug-likeness (QED) is 0.749. The average Bonchev–Trinajstić information content (AvgIpc) is 2.59. The molecule has 120 valence electrons. The van der Waals surface area contributed by atoms with Crippen molar-refractivity contribution in [2.24, 2.45) is 0 Å². The lowest BCUT2D eigenvalue weighted by molar-refractivity contribution is 0.0697. The largest absolute Gasteiger partial charge is 0.478 e. The Morgan fingerprint density at radius 3 is 2.42 bits per heavy atom. The maximum Gasteiger partial charge on any atom is 0.349 e. The van der Waals surface area contributed by atoms with E-state index in [9.17, 15) is 19.5 Å². The van der Waals surface area contributed by atoms with Crippen LogP contribution in [0.3, 0.4) is 0 Å². The third-order valence-corrected chi connectivity index (χ3v) is 3.67. The van der Waals surface area contributed by atoms with E-state index in [0.717, 1.165) is 4.90 Å². The highest BCUT2D eigenvalue weighted by Crippen LogP contribution is 2.21. The molecular weight excluding hydrogens is 310 g/mol. The summed E-state index contributed by atoms with van der Waals surface area (Å²) in [6, 6.07) is 14.4. The molecule has 0 saturated heterocycles. The number of carbonyl (C=O) groups excluding carboxylic acids is 1. The van der Waals surface area contributed by atoms with Gasteiger partial charge in [0, 0.05) is 12.4 Å². The van der Waals surface area contributed by atoms with Crippen molar-refractivity contribution >= 4 is 28.5 Å². The van der Waals surface area contributed by atoms with Crippen molar-refractivity contribution in [3.8, 4) is 0 Å². The molecule has 0 aliphatic heterocycles. The summed E-state index contributed by atoms with van der Waals surface area (Å²) in [5.74, 6) is -1.79. The smallest absolute Gasteiger partial charge is 0.349 e. The normalized spacial score (nSPS) is 10.5. The molecule has 0 bridgehead atoms. The predicted molar refractivity (Wildman–Crippen MR) is 88.6 cm³/mol. The minimum absolute atomic E-state index is 0.0291. The fourth-order valence-corrected chi connectivity index (χ4v) is 2.45. The predicted octanol–water partition coefficient (Wildman–Crippen LogP) is 2.77. The summed E-state index contributed by atoms with van der Waals surface area (Å²) in [6.45, 7) is 0. The lowest BCUT2D eigenvalue weighted by Gasteiger charge is -2.18. The topological polar surface area (TPSA) is 87.8 Å². The second kappa shape index (κ2) is 6.00. The summed E-state index contributed by atoms with van der Waals surface area (Å²) in [5.41, 5.74) is -0.372. The van der Waals surface area contributed by atoms with Gasteiger partial charge in [0.15, 0.2) is 0 Å². The van der Waals surface area contributed by atoms with Crippen LogP contribution in [0.15, 0.2) is 63.8 Å². The lowest BCUT2D eigenvalue weighted by atomic mass is 10.1. The van der Waals surface area contributed by atoms with Gasteiger partial charge in [0.05, 0.1) is 11.3 Å². The molecule has 0 fully saturated rings. The van der Waals surface area contributed by atoms with Crippen molar-refractivity contribution < 1.29 is 19.1 Å². The van der Waals surface area contributed by atoms with E-state index in [1.165, 1.54) is 25.2 Å². The summed E-state index contributed by atoms with van der Waals surface area (Å²) in [7, 11) is 1.42. The van der Waals surface area contributed by atoms with Gasteiger partial charge in [-0.2, -0.15) is 0 Å². The van der Waals surface area contributed by atoms with E-state index in [2.05, 4.69) is 0 Å². The molecule has 24 heavy (non-hydrogen) atoms. The minimum atomic E-state index is -1.16. The SMILES string of the molecule is CN(C(=O)c1cc2ccccc2oc1=O)c1ccccc1C(=O)O. The van der Waals surface area contributed by atoms with E-state index in [1.807, 2.05) is 0 Å². The molecule has 0 aliphatic carbocycles. The molecule has 0 radical (unpaired) electrons. The Morgan fingerprint density at radius 1 is 1.00 bits per heavy atom. The number of amides is 1. The Kier molecular flexibility index (Phi) is 3.87. The zero-order valence-corrected chi connectivity index (χ0v) is 12.7. The number of hydrogen-bond acceptors (Lipinski definition) is 4. The van der Waals surface area contributed by atoms with Gasteiger partial charge in [-0.05, 0) is 24.3 Å². The molecule has 3 rings (SSSR count). The highest BCUT2D eigenvalue weighted by molar-refractivity contribution is 6.09. The molecule has 6 heteroatoms. The van der Waals surface area contributed by atoms with Gasteiger partial charge in [0.2, 0.25) is 0 Å². The molecule has 1 N–H and O–H groups in total. The molecule has 1 aromatic heterocycles. The third kappa shape index (κ3) is 2.65. The van der Waals surface area contributed by atoms with Crippen molar-refractivity contribution in [2.75, 3.05) is 11.9 Å². The zero-order chi connectivity index (χ0) is 17.3. The van der Waals surface area contributed by atoms with Gasteiger partial charge in [-0.3, -0.25) is 4.79 Å². The second-order valence-electron chi connectivity index (χ2n) is 5.17. The van der Waals surface area contributed by atoms with Gasteiger partial charge >= 0.3 is 11.6 Å². The minimum Gasteiger partial charge on any atom is -0.478 e. The first-order valence-electron chi connectivity index (χ1n) is 7.12. The molecule has 0 saturated carbocycles. The van der Waals surface area contributed by atoms with Crippen LogP contribution in [0.1, 0.15) is 20.7 Å². The molecule has 0 aliphatic rings. The van der Waals surface area contributed by atoms with Crippen molar-refractivity contribution in [2.45, 2.75) is 0 Å². The summed E-state index contributed by atoms with van der Waals surface area (Å²) >= 11 is 0. The molecular formula is C18H13NO5. The summed E-state index contributed by atoms with van der Waals surface area (Å²) in [5, 5.41) is 9.86. The Balaban J connectivity index is 2.08. The fourth-order valence-electron chi connectivity index (χ4n) is 2.45. The van der Waals surface area contributed by atoms with Gasteiger partial charge in [-0.25, -0.2) is 9.59 Å². The number of fused-ring (bicyclic) bond motifs is 1. The Morgan fingerprint density at radius 2 is 1.67 bits per heavy atom. The Labute approximate surface area is 136 Å². The number of anilines is 1. The molecule has 2 aromatic carbocycles. The number of aromatic carboxylic acids is 1. The molecule has 6 nitrogen and oxygen atoms in total. The van der Waals surface area contributed by atoms with Crippen LogP contribution < -0.4 is 10.5 Å². The van der Waals surface area contributed by atoms with E-state index in [4.69, 9.17) is 4.42 Å². The van der Waals surface area contributed by atoms with E-state index in [-0.39, 0.29) is 16.8 Å². The number of benzene rings is 2. The van der Waals surface area contributed by atoms with E-state index in [1.54, 1.807) is 36.4 Å². The number of hydrogen-bond donors (Lipinski definition) is 1. The van der Waals surface area contributed by atoms with Crippen LogP contribution in [0.25, 0.3) is 11.0 Å². The Hall–Kier alpha value is -3.41. The van der Waals surface area contributed by atoms with Crippen LogP contribution in [-0.2, 0) is 0 Å². The van der Waals surface area contributed by atoms with Gasteiger partial charge in [0.1, 0.15) is 11.1 Å². The number of nitrogens with zero attached hydrogens (tertiary/aromatic N) is 1. The van der Waals surface area contributed by atoms with Crippen LogP contribution in [-0.4, -0.2) is 24.0 Å². The second-order valence-corrected chi connectivity index (χ2v) is 5.17. The van der Waals surface area contributed by atoms with Gasteiger partial charge in [-0.15, -0.1) is 0 Å². The molecule has 1 heterocycles. The molecule has 3 aromatic rings. The molecule has 0 unspecified atom stereocenters. The van der Waals surface area contributed by atoms with Crippen molar-refractivity contribution in [3.05, 3.63) is 76.1 Å². The highest BCUT2D eigenvalue weighted by atomic mass is 16.4. The summed E-state index contributed by atoms with van der Waals surface area (Å²) in [4.78, 5) is 37.2. The van der Waals surface area contributed by atoms with Gasteiger partial charge in [-0.1, -0.05) is 30.3 Å². The first-order valence-corrected chi connectivity index (χ1v) is 7.12. The van der Waals surface area contributed by atoms with Crippen LogP contribution in [0.2, 0.25) is 0 Å². The van der Waals surface area contributed by atoms with Crippen molar-refractivity contribution in [1.29, 1.82) is 0 Å². The summed E-state index contributed by atoms with van der Waals surface area (Å²) in [6.07, 6.45) is 0. The third-order valence-electron chi connectivity index (χ3n) is 3.67. The van der Waals surface area contributed by atoms with Crippen molar-refractivity contribution in [1.82, 2.24) is 0 Å². The maximum atomic E-state index is 12.7. The molecule has 0 spiro atoms. The van der Waals surface area contributed by atoms with Gasteiger partial charge < -0.3 is 14.4 Å². The number of rotatable bonds is 3. The average molecular weight is 323 g/mol. The van der Waals surface area contributed by atoms with Crippen LogP contribution in [0, 0.1) is 0 Å². The number of para-hydroxylation sites is 2. The van der Waals surface area contributed by atoms with Crippen LogP contribution in [0.5, 0.6) is 0 Å². The van der Waals surface area contributed by atoms with E-state index >= 15 is 0 Å². The Bertz CT molecular complexity index is 1010. The number of carboxylic acid groups (broad SMARTS) is 1. The molecule has 1 amide bonds. The van der Waals surface area contributed by atoms with Gasteiger partial charge in [0.25, 0.3) is 5.91 Å². The van der Waals surface area contributed by atoms with Crippen molar-refractivity contribution in [3.63, 3.8) is 0 Å². The fraction of sp³-hybridized carbons (Fsp3) is 0.0556. The lowest BCUT2D eigenvalue weighted by Crippen LogP contribution is -2.31. The number of carbonyl (C=O) groups is 2. The van der Waals surface area contributed by atoms with E-state index in [0.29, 0.717) is 11.0 Å². The first kappa shape index (κ1) is 15.5. The monoisotopic (exact) mass is 323 g/mol. The first-order chi connectivity index (χ1) is 11.5. The highest BCUT2D eigenvalue weighted by Gasteiger charge is 2.22. The molecule has 0 atom stereocenters. The van der Waals surface area contributed by atoms with Crippen LogP contribution in [0.4, 0.5) is 5.69 Å². The van der Waals surface area contributed by atoms with E-state index < -0.39 is 17.5 Å².